The Morgan fingerprint density at radius 2 is 1.85 bits per heavy atom. The van der Waals surface area contributed by atoms with Crippen molar-refractivity contribution in [3.05, 3.63) is 48.3 Å². The maximum absolute atomic E-state index is 13.0. The van der Waals surface area contributed by atoms with E-state index in [0.29, 0.717) is 26.3 Å². The fourth-order valence-electron chi connectivity index (χ4n) is 3.79. The molecule has 2 aliphatic rings. The summed E-state index contributed by atoms with van der Waals surface area (Å²) in [6, 6.07) is 9.86. The van der Waals surface area contributed by atoms with Crippen molar-refractivity contribution < 1.29 is 13.2 Å². The first-order valence-electron chi connectivity index (χ1n) is 8.98. The lowest BCUT2D eigenvalue weighted by Gasteiger charge is -2.22. The van der Waals surface area contributed by atoms with Crippen LogP contribution in [0.15, 0.2) is 47.6 Å². The van der Waals surface area contributed by atoms with Crippen molar-refractivity contribution in [1.82, 2.24) is 14.1 Å². The highest BCUT2D eigenvalue weighted by Crippen LogP contribution is 2.31. The topological polar surface area (TPSA) is 90.5 Å². The van der Waals surface area contributed by atoms with E-state index in [4.69, 9.17) is 10.5 Å². The molecule has 1 aromatic carbocycles. The predicted octanol–water partition coefficient (Wildman–Crippen LogP) is 1.35. The van der Waals surface area contributed by atoms with E-state index in [1.807, 2.05) is 30.3 Å². The molecule has 2 N–H and O–H groups in total. The summed E-state index contributed by atoms with van der Waals surface area (Å²) in [6.45, 7) is 2.10. The Balaban J connectivity index is 1.53. The van der Waals surface area contributed by atoms with Crippen LogP contribution in [0.5, 0.6) is 0 Å². The van der Waals surface area contributed by atoms with Gasteiger partial charge in [-0.05, 0) is 18.4 Å². The molecule has 7 nitrogen and oxygen atoms in total. The van der Waals surface area contributed by atoms with Gasteiger partial charge in [0.2, 0.25) is 10.0 Å². The number of hydrogen-bond acceptors (Lipinski definition) is 5. The van der Waals surface area contributed by atoms with Crippen molar-refractivity contribution in [1.29, 1.82) is 0 Å². The minimum atomic E-state index is -3.59. The summed E-state index contributed by atoms with van der Waals surface area (Å²) in [4.78, 5) is 0.241. The summed E-state index contributed by atoms with van der Waals surface area (Å²) in [6.07, 6.45) is 4.80. The zero-order chi connectivity index (χ0) is 18.1. The van der Waals surface area contributed by atoms with Crippen LogP contribution >= 0.6 is 0 Å². The molecule has 2 aliphatic heterocycles. The van der Waals surface area contributed by atoms with Crippen molar-refractivity contribution in [3.8, 4) is 0 Å². The average Bonchev–Trinajstić information content (AvgIpc) is 3.31. The number of sulfonamides is 1. The van der Waals surface area contributed by atoms with Crippen LogP contribution in [-0.2, 0) is 14.8 Å². The number of rotatable bonds is 4. The third-order valence-corrected chi connectivity index (χ3v) is 7.12. The lowest BCUT2D eigenvalue weighted by molar-refractivity contribution is 0.0662. The van der Waals surface area contributed by atoms with Crippen molar-refractivity contribution in [3.63, 3.8) is 0 Å². The predicted molar refractivity (Wildman–Crippen MR) is 97.2 cm³/mol. The molecule has 0 aliphatic carbocycles. The normalized spacial score (nSPS) is 25.6. The first kappa shape index (κ1) is 17.7. The lowest BCUT2D eigenvalue weighted by atomic mass is 9.95. The SMILES string of the molecule is N[C@@H]1CN(S(=O)(=O)c2cnn(C3CCOCC3)c2)C[C@H]1c1ccccc1. The zero-order valence-corrected chi connectivity index (χ0v) is 15.4. The number of aromatic nitrogens is 2. The van der Waals surface area contributed by atoms with Crippen LogP contribution in [0, 0.1) is 0 Å². The van der Waals surface area contributed by atoms with Crippen LogP contribution in [0.2, 0.25) is 0 Å². The molecule has 0 saturated carbocycles. The van der Waals surface area contributed by atoms with Crippen LogP contribution in [-0.4, -0.2) is 54.8 Å². The number of ether oxygens (including phenoxy) is 1. The van der Waals surface area contributed by atoms with Crippen LogP contribution < -0.4 is 5.73 Å². The Kier molecular flexibility index (Phi) is 4.83. The first-order chi connectivity index (χ1) is 12.6. The molecule has 8 heteroatoms. The van der Waals surface area contributed by atoms with Crippen LogP contribution in [0.25, 0.3) is 0 Å². The van der Waals surface area contributed by atoms with E-state index in [1.54, 1.807) is 10.9 Å². The highest BCUT2D eigenvalue weighted by molar-refractivity contribution is 7.89. The monoisotopic (exact) mass is 376 g/mol. The van der Waals surface area contributed by atoms with Crippen molar-refractivity contribution in [2.45, 2.75) is 35.7 Å². The molecule has 2 saturated heterocycles. The van der Waals surface area contributed by atoms with Gasteiger partial charge in [0.25, 0.3) is 0 Å². The van der Waals surface area contributed by atoms with E-state index >= 15 is 0 Å². The van der Waals surface area contributed by atoms with Gasteiger partial charge in [0, 0.05) is 44.5 Å². The zero-order valence-electron chi connectivity index (χ0n) is 14.6. The summed E-state index contributed by atoms with van der Waals surface area (Å²) < 4.78 is 34.7. The van der Waals surface area contributed by atoms with Gasteiger partial charge >= 0.3 is 0 Å². The largest absolute Gasteiger partial charge is 0.381 e. The first-order valence-corrected chi connectivity index (χ1v) is 10.4. The molecular weight excluding hydrogens is 352 g/mol. The molecule has 0 spiro atoms. The van der Waals surface area contributed by atoms with Crippen LogP contribution in [0.3, 0.4) is 0 Å². The number of hydrogen-bond donors (Lipinski definition) is 1. The van der Waals surface area contributed by atoms with E-state index in [-0.39, 0.29) is 22.9 Å². The fourth-order valence-corrected chi connectivity index (χ4v) is 5.24. The number of benzene rings is 1. The van der Waals surface area contributed by atoms with Crippen LogP contribution in [0.1, 0.15) is 30.4 Å². The van der Waals surface area contributed by atoms with Gasteiger partial charge in [0.15, 0.2) is 0 Å². The average molecular weight is 376 g/mol. The van der Waals surface area contributed by atoms with Crippen molar-refractivity contribution in [2.24, 2.45) is 5.73 Å². The Morgan fingerprint density at radius 3 is 2.58 bits per heavy atom. The highest BCUT2D eigenvalue weighted by Gasteiger charge is 2.39. The third-order valence-electron chi connectivity index (χ3n) is 5.34. The molecule has 0 radical (unpaired) electrons. The maximum Gasteiger partial charge on any atom is 0.246 e. The van der Waals surface area contributed by atoms with E-state index in [0.717, 1.165) is 18.4 Å². The maximum atomic E-state index is 13.0. The molecule has 26 heavy (non-hydrogen) atoms. The molecule has 4 rings (SSSR count). The van der Waals surface area contributed by atoms with E-state index < -0.39 is 10.0 Å². The summed E-state index contributed by atoms with van der Waals surface area (Å²) in [7, 11) is -3.59. The van der Waals surface area contributed by atoms with E-state index in [2.05, 4.69) is 5.10 Å². The minimum Gasteiger partial charge on any atom is -0.381 e. The molecule has 0 unspecified atom stereocenters. The second kappa shape index (κ2) is 7.11. The van der Waals surface area contributed by atoms with Gasteiger partial charge in [0.05, 0.1) is 12.2 Å². The minimum absolute atomic E-state index is 0.0107. The van der Waals surface area contributed by atoms with Gasteiger partial charge in [-0.1, -0.05) is 30.3 Å². The summed E-state index contributed by atoms with van der Waals surface area (Å²) >= 11 is 0. The Bertz CT molecular complexity index is 846. The van der Waals surface area contributed by atoms with Gasteiger partial charge in [0.1, 0.15) is 4.90 Å². The van der Waals surface area contributed by atoms with Gasteiger partial charge in [-0.3, -0.25) is 4.68 Å². The molecular formula is C18H24N4O3S. The summed E-state index contributed by atoms with van der Waals surface area (Å²) in [5.74, 6) is 0.0107. The molecule has 0 bridgehead atoms. The molecule has 2 fully saturated rings. The Morgan fingerprint density at radius 1 is 1.12 bits per heavy atom. The molecule has 3 heterocycles. The highest BCUT2D eigenvalue weighted by atomic mass is 32.2. The van der Waals surface area contributed by atoms with Crippen molar-refractivity contribution in [2.75, 3.05) is 26.3 Å². The van der Waals surface area contributed by atoms with Gasteiger partial charge < -0.3 is 10.5 Å². The number of nitrogens with zero attached hydrogens (tertiary/aromatic N) is 3. The van der Waals surface area contributed by atoms with Gasteiger partial charge in [-0.25, -0.2) is 8.42 Å². The second-order valence-electron chi connectivity index (χ2n) is 7.00. The summed E-state index contributed by atoms with van der Waals surface area (Å²) in [5.41, 5.74) is 7.34. The Hall–Kier alpha value is -1.74. The van der Waals surface area contributed by atoms with Gasteiger partial charge in [-0.15, -0.1) is 0 Å². The van der Waals surface area contributed by atoms with Crippen LogP contribution in [0.4, 0.5) is 0 Å². The third kappa shape index (κ3) is 3.29. The second-order valence-corrected chi connectivity index (χ2v) is 8.94. The molecule has 1 aromatic heterocycles. The lowest BCUT2D eigenvalue weighted by Crippen LogP contribution is -2.32. The summed E-state index contributed by atoms with van der Waals surface area (Å²) in [5, 5.41) is 4.30. The number of nitrogens with two attached hydrogens (primary N) is 1. The molecule has 140 valence electrons. The standard InChI is InChI=1S/C18H24N4O3S/c19-18-13-21(12-17(18)14-4-2-1-3-5-14)26(23,24)16-10-20-22(11-16)15-6-8-25-9-7-15/h1-5,10-11,15,17-18H,6-9,12-13,19H2/t17-,18+/m0/s1. The van der Waals surface area contributed by atoms with E-state index in [9.17, 15) is 8.42 Å². The smallest absolute Gasteiger partial charge is 0.246 e. The molecule has 0 amide bonds. The fraction of sp³-hybridized carbons (Fsp3) is 0.500. The Labute approximate surface area is 153 Å². The van der Waals surface area contributed by atoms with E-state index in [1.165, 1.54) is 10.5 Å². The quantitative estimate of drug-likeness (QED) is 0.870. The molecule has 2 aromatic rings. The molecule has 2 atom stereocenters. The van der Waals surface area contributed by atoms with Crippen molar-refractivity contribution >= 4 is 10.0 Å². The van der Waals surface area contributed by atoms with Gasteiger partial charge in [-0.2, -0.15) is 9.40 Å².